The highest BCUT2D eigenvalue weighted by atomic mass is 35.5. The molecule has 3 nitrogen and oxygen atoms in total. The molecule has 0 saturated carbocycles. The molecule has 0 saturated heterocycles. The first-order valence-electron chi connectivity index (χ1n) is 6.39. The van der Waals surface area contributed by atoms with Crippen LogP contribution in [0.15, 0.2) is 29.6 Å². The second-order valence-corrected chi connectivity index (χ2v) is 5.59. The number of rotatable bonds is 6. The Hall–Kier alpha value is -1.23. The lowest BCUT2D eigenvalue weighted by molar-refractivity contribution is 0.354. The largest absolute Gasteiger partial charge is 0.493 e. The van der Waals surface area contributed by atoms with Gasteiger partial charge in [0.2, 0.25) is 0 Å². The molecule has 1 N–H and O–H groups in total. The van der Waals surface area contributed by atoms with Gasteiger partial charge in [0.15, 0.2) is 11.5 Å². The molecule has 0 aliphatic heterocycles. The summed E-state index contributed by atoms with van der Waals surface area (Å²) in [5.41, 5.74) is 1.11. The second-order valence-electron chi connectivity index (χ2n) is 4.24. The number of benzene rings is 1. The van der Waals surface area contributed by atoms with Gasteiger partial charge in [-0.1, -0.05) is 24.6 Å². The Balaban J connectivity index is 2.42. The molecule has 0 aliphatic rings. The number of halogens is 1. The van der Waals surface area contributed by atoms with Crippen molar-refractivity contribution in [2.24, 2.45) is 0 Å². The van der Waals surface area contributed by atoms with Crippen LogP contribution in [-0.2, 0) is 0 Å². The summed E-state index contributed by atoms with van der Waals surface area (Å²) in [5.74, 6) is 1.45. The third-order valence-corrected chi connectivity index (χ3v) is 4.48. The van der Waals surface area contributed by atoms with E-state index in [-0.39, 0.29) is 6.04 Å². The molecule has 0 fully saturated rings. The van der Waals surface area contributed by atoms with Gasteiger partial charge in [0.05, 0.1) is 25.3 Å². The lowest BCUT2D eigenvalue weighted by atomic mass is 10.0. The minimum absolute atomic E-state index is 0.0623. The van der Waals surface area contributed by atoms with Crippen LogP contribution in [0.3, 0.4) is 0 Å². The molecular weight excluding hydrogens is 294 g/mol. The molecule has 5 heteroatoms. The van der Waals surface area contributed by atoms with E-state index in [4.69, 9.17) is 21.1 Å². The fourth-order valence-corrected chi connectivity index (χ4v) is 3.38. The Morgan fingerprint density at radius 1 is 1.20 bits per heavy atom. The molecule has 108 valence electrons. The van der Waals surface area contributed by atoms with Gasteiger partial charge >= 0.3 is 0 Å². The Morgan fingerprint density at radius 3 is 2.50 bits per heavy atom. The van der Waals surface area contributed by atoms with E-state index in [1.54, 1.807) is 25.6 Å². The lowest BCUT2D eigenvalue weighted by Crippen LogP contribution is -2.21. The highest BCUT2D eigenvalue weighted by molar-refractivity contribution is 7.10. The van der Waals surface area contributed by atoms with Gasteiger partial charge in [-0.15, -0.1) is 11.3 Å². The van der Waals surface area contributed by atoms with E-state index in [0.717, 1.165) is 33.5 Å². The van der Waals surface area contributed by atoms with E-state index in [0.29, 0.717) is 0 Å². The molecule has 1 heterocycles. The topological polar surface area (TPSA) is 30.5 Å². The zero-order valence-electron chi connectivity index (χ0n) is 11.8. The average Bonchev–Trinajstić information content (AvgIpc) is 2.90. The summed E-state index contributed by atoms with van der Waals surface area (Å²) in [6.45, 7) is 2.93. The first-order valence-corrected chi connectivity index (χ1v) is 7.65. The standard InChI is InChI=1S/C15H18ClNO2S/c1-4-17-14(15-11(16)7-8-20-15)10-5-6-12(18-2)13(9-10)19-3/h5-9,14,17H,4H2,1-3H3. The van der Waals surface area contributed by atoms with Crippen LogP contribution in [0, 0.1) is 0 Å². The molecule has 20 heavy (non-hydrogen) atoms. The lowest BCUT2D eigenvalue weighted by Gasteiger charge is -2.19. The summed E-state index contributed by atoms with van der Waals surface area (Å²) in [7, 11) is 3.28. The van der Waals surface area contributed by atoms with Crippen molar-refractivity contribution in [1.82, 2.24) is 5.32 Å². The molecular formula is C15H18ClNO2S. The SMILES string of the molecule is CCNC(c1ccc(OC)c(OC)c1)c1sccc1Cl. The van der Waals surface area contributed by atoms with Gasteiger partial charge < -0.3 is 14.8 Å². The molecule has 0 bridgehead atoms. The number of thiophene rings is 1. The summed E-state index contributed by atoms with van der Waals surface area (Å²) >= 11 is 7.92. The molecule has 1 aromatic carbocycles. The van der Waals surface area contributed by atoms with Crippen LogP contribution in [0.2, 0.25) is 5.02 Å². The fourth-order valence-electron chi connectivity index (χ4n) is 2.11. The van der Waals surface area contributed by atoms with E-state index in [1.165, 1.54) is 0 Å². The van der Waals surface area contributed by atoms with Gasteiger partial charge in [-0.2, -0.15) is 0 Å². The van der Waals surface area contributed by atoms with Crippen molar-refractivity contribution in [3.05, 3.63) is 45.1 Å². The van der Waals surface area contributed by atoms with E-state index in [2.05, 4.69) is 12.2 Å². The van der Waals surface area contributed by atoms with Crippen molar-refractivity contribution in [2.75, 3.05) is 20.8 Å². The highest BCUT2D eigenvalue weighted by Gasteiger charge is 2.19. The molecule has 1 aromatic heterocycles. The number of hydrogen-bond donors (Lipinski definition) is 1. The van der Waals surface area contributed by atoms with Crippen LogP contribution in [0.25, 0.3) is 0 Å². The molecule has 0 amide bonds. The second kappa shape index (κ2) is 6.97. The molecule has 1 unspecified atom stereocenters. The number of ether oxygens (including phenoxy) is 2. The molecule has 2 rings (SSSR count). The van der Waals surface area contributed by atoms with Crippen molar-refractivity contribution < 1.29 is 9.47 Å². The summed E-state index contributed by atoms with van der Waals surface area (Å²) in [6, 6.07) is 7.92. The third kappa shape index (κ3) is 3.08. The van der Waals surface area contributed by atoms with Gasteiger partial charge in [-0.05, 0) is 35.7 Å². The zero-order valence-corrected chi connectivity index (χ0v) is 13.3. The summed E-state index contributed by atoms with van der Waals surface area (Å²) in [6.07, 6.45) is 0. The van der Waals surface area contributed by atoms with Gasteiger partial charge in [-0.25, -0.2) is 0 Å². The van der Waals surface area contributed by atoms with Crippen molar-refractivity contribution in [2.45, 2.75) is 13.0 Å². The van der Waals surface area contributed by atoms with Gasteiger partial charge in [0, 0.05) is 4.88 Å². The Kier molecular flexibility index (Phi) is 5.29. The van der Waals surface area contributed by atoms with Crippen molar-refractivity contribution in [3.63, 3.8) is 0 Å². The highest BCUT2D eigenvalue weighted by Crippen LogP contribution is 2.36. The molecule has 2 aromatic rings. The Labute approximate surface area is 128 Å². The van der Waals surface area contributed by atoms with Gasteiger partial charge in [-0.3, -0.25) is 0 Å². The third-order valence-electron chi connectivity index (χ3n) is 3.06. The number of nitrogens with one attached hydrogen (secondary N) is 1. The van der Waals surface area contributed by atoms with Crippen molar-refractivity contribution >= 4 is 22.9 Å². The Morgan fingerprint density at radius 2 is 1.95 bits per heavy atom. The monoisotopic (exact) mass is 311 g/mol. The first-order chi connectivity index (χ1) is 9.71. The minimum atomic E-state index is 0.0623. The average molecular weight is 312 g/mol. The van der Waals surface area contributed by atoms with Crippen LogP contribution < -0.4 is 14.8 Å². The van der Waals surface area contributed by atoms with Crippen LogP contribution in [0.4, 0.5) is 0 Å². The van der Waals surface area contributed by atoms with E-state index in [9.17, 15) is 0 Å². The summed E-state index contributed by atoms with van der Waals surface area (Å²) in [5, 5.41) is 6.25. The Bertz CT molecular complexity index is 571. The van der Waals surface area contributed by atoms with Crippen molar-refractivity contribution in [1.29, 1.82) is 0 Å². The normalized spacial score (nSPS) is 12.2. The number of methoxy groups -OCH3 is 2. The predicted octanol–water partition coefficient (Wildman–Crippen LogP) is 4.12. The quantitative estimate of drug-likeness (QED) is 0.870. The molecule has 1 atom stereocenters. The molecule has 0 spiro atoms. The van der Waals surface area contributed by atoms with Crippen LogP contribution in [0.5, 0.6) is 11.5 Å². The molecule has 0 aliphatic carbocycles. The molecule has 0 radical (unpaired) electrons. The summed E-state index contributed by atoms with van der Waals surface area (Å²) in [4.78, 5) is 1.11. The predicted molar refractivity (Wildman–Crippen MR) is 84.4 cm³/mol. The van der Waals surface area contributed by atoms with Crippen LogP contribution in [0.1, 0.15) is 23.4 Å². The zero-order chi connectivity index (χ0) is 14.5. The first kappa shape index (κ1) is 15.2. The van der Waals surface area contributed by atoms with E-state index in [1.807, 2.05) is 29.6 Å². The van der Waals surface area contributed by atoms with Gasteiger partial charge in [0.1, 0.15) is 0 Å². The van der Waals surface area contributed by atoms with Crippen LogP contribution in [-0.4, -0.2) is 20.8 Å². The maximum Gasteiger partial charge on any atom is 0.161 e. The maximum atomic E-state index is 6.27. The number of hydrogen-bond acceptors (Lipinski definition) is 4. The van der Waals surface area contributed by atoms with E-state index < -0.39 is 0 Å². The van der Waals surface area contributed by atoms with Crippen molar-refractivity contribution in [3.8, 4) is 11.5 Å². The van der Waals surface area contributed by atoms with Crippen LogP contribution >= 0.6 is 22.9 Å². The summed E-state index contributed by atoms with van der Waals surface area (Å²) < 4.78 is 10.6. The smallest absolute Gasteiger partial charge is 0.161 e. The minimum Gasteiger partial charge on any atom is -0.493 e. The van der Waals surface area contributed by atoms with E-state index >= 15 is 0 Å². The maximum absolute atomic E-state index is 6.27. The fraction of sp³-hybridized carbons (Fsp3) is 0.333. The van der Waals surface area contributed by atoms with Gasteiger partial charge in [0.25, 0.3) is 0 Å².